The summed E-state index contributed by atoms with van der Waals surface area (Å²) < 4.78 is 4.72. The van der Waals surface area contributed by atoms with Crippen molar-refractivity contribution in [2.24, 2.45) is 0 Å². The van der Waals surface area contributed by atoms with Crippen LogP contribution in [-0.2, 0) is 9.53 Å². The maximum Gasteiger partial charge on any atom is 0.337 e. The van der Waals surface area contributed by atoms with Crippen LogP contribution in [0.3, 0.4) is 0 Å². The highest BCUT2D eigenvalue weighted by molar-refractivity contribution is 5.95. The minimum absolute atomic E-state index is 0.147. The molecule has 2 amide bonds. The van der Waals surface area contributed by atoms with E-state index in [0.717, 1.165) is 5.56 Å². The van der Waals surface area contributed by atoms with Gasteiger partial charge in [0.15, 0.2) is 0 Å². The average molecular weight is 440 g/mol. The van der Waals surface area contributed by atoms with Gasteiger partial charge in [-0.15, -0.1) is 0 Å². The molecule has 0 fully saturated rings. The summed E-state index contributed by atoms with van der Waals surface area (Å²) in [5, 5.41) is 5.57. The summed E-state index contributed by atoms with van der Waals surface area (Å²) in [4.78, 5) is 36.1. The molecule has 6 nitrogen and oxygen atoms in total. The maximum atomic E-state index is 12.3. The van der Waals surface area contributed by atoms with E-state index in [-0.39, 0.29) is 24.8 Å². The zero-order valence-electron chi connectivity index (χ0n) is 18.5. The summed E-state index contributed by atoms with van der Waals surface area (Å²) in [5.74, 6) is 5.20. The Morgan fingerprint density at radius 1 is 0.848 bits per heavy atom. The number of nitrogens with one attached hydrogen (secondary N) is 2. The predicted molar refractivity (Wildman–Crippen MR) is 127 cm³/mol. The largest absolute Gasteiger partial charge is 0.465 e. The summed E-state index contributed by atoms with van der Waals surface area (Å²) in [6, 6.07) is 21.3. The monoisotopic (exact) mass is 440 g/mol. The van der Waals surface area contributed by atoms with Crippen molar-refractivity contribution in [2.75, 3.05) is 19.0 Å². The van der Waals surface area contributed by atoms with Crippen LogP contribution >= 0.6 is 0 Å². The number of esters is 1. The van der Waals surface area contributed by atoms with E-state index < -0.39 is 5.97 Å². The average Bonchev–Trinajstić information content (AvgIpc) is 2.82. The van der Waals surface area contributed by atoms with Crippen LogP contribution in [0.2, 0.25) is 0 Å². The normalized spacial score (nSPS) is 9.88. The fraction of sp³-hybridized carbons (Fsp3) is 0.148. The molecule has 0 radical (unpaired) electrons. The number of hydrogen-bond donors (Lipinski definition) is 2. The highest BCUT2D eigenvalue weighted by atomic mass is 16.5. The topological polar surface area (TPSA) is 84.5 Å². The molecule has 0 aromatic heterocycles. The third kappa shape index (κ3) is 7.08. The lowest BCUT2D eigenvalue weighted by Crippen LogP contribution is -2.27. The molecule has 0 bridgehead atoms. The molecule has 6 heteroatoms. The van der Waals surface area contributed by atoms with Gasteiger partial charge in [-0.1, -0.05) is 41.7 Å². The molecule has 3 rings (SSSR count). The van der Waals surface area contributed by atoms with Gasteiger partial charge in [-0.05, 0) is 55.5 Å². The number of aryl methyl sites for hydroxylation is 1. The molecule has 33 heavy (non-hydrogen) atoms. The first-order chi connectivity index (χ1) is 15.9. The lowest BCUT2D eigenvalue weighted by Gasteiger charge is -2.07. The second-order valence-corrected chi connectivity index (χ2v) is 7.33. The van der Waals surface area contributed by atoms with Crippen molar-refractivity contribution in [3.05, 3.63) is 101 Å². The first-order valence-electron chi connectivity index (χ1n) is 10.4. The van der Waals surface area contributed by atoms with Crippen LogP contribution in [0, 0.1) is 18.8 Å². The van der Waals surface area contributed by atoms with Crippen LogP contribution in [0.1, 0.15) is 43.8 Å². The highest BCUT2D eigenvalue weighted by Gasteiger charge is 2.08. The molecule has 3 aromatic carbocycles. The summed E-state index contributed by atoms with van der Waals surface area (Å²) in [7, 11) is 1.33. The van der Waals surface area contributed by atoms with Crippen LogP contribution in [-0.4, -0.2) is 31.4 Å². The molecule has 0 aliphatic rings. The molecule has 0 heterocycles. The molecule has 0 saturated heterocycles. The van der Waals surface area contributed by atoms with Gasteiger partial charge in [-0.25, -0.2) is 4.79 Å². The Hall–Kier alpha value is -4.37. The molecule has 0 unspecified atom stereocenters. The van der Waals surface area contributed by atoms with Gasteiger partial charge in [-0.3, -0.25) is 9.59 Å². The molecule has 0 aliphatic heterocycles. The van der Waals surface area contributed by atoms with E-state index >= 15 is 0 Å². The predicted octanol–water partition coefficient (Wildman–Crippen LogP) is 3.94. The Labute approximate surface area is 193 Å². The van der Waals surface area contributed by atoms with E-state index in [2.05, 4.69) is 22.5 Å². The Morgan fingerprint density at radius 3 is 2.24 bits per heavy atom. The number of benzene rings is 3. The molecule has 0 atom stereocenters. The van der Waals surface area contributed by atoms with Crippen molar-refractivity contribution < 1.29 is 19.1 Å². The van der Waals surface area contributed by atoms with Crippen molar-refractivity contribution in [1.82, 2.24) is 5.32 Å². The molecule has 0 saturated carbocycles. The molecule has 2 N–H and O–H groups in total. The fourth-order valence-electron chi connectivity index (χ4n) is 3.06. The third-order valence-corrected chi connectivity index (χ3v) is 4.70. The van der Waals surface area contributed by atoms with E-state index in [9.17, 15) is 14.4 Å². The van der Waals surface area contributed by atoms with E-state index in [1.807, 2.05) is 25.1 Å². The molecule has 3 aromatic rings. The van der Waals surface area contributed by atoms with E-state index in [1.54, 1.807) is 54.6 Å². The highest BCUT2D eigenvalue weighted by Crippen LogP contribution is 2.11. The van der Waals surface area contributed by atoms with Gasteiger partial charge in [0.2, 0.25) is 5.91 Å². The lowest BCUT2D eigenvalue weighted by molar-refractivity contribution is -0.116. The molecular formula is C27H24N2O4. The summed E-state index contributed by atoms with van der Waals surface area (Å²) in [5.41, 5.74) is 4.00. The molecule has 166 valence electrons. The number of hydrogen-bond acceptors (Lipinski definition) is 4. The Balaban J connectivity index is 1.55. The second kappa shape index (κ2) is 11.3. The minimum Gasteiger partial charge on any atom is -0.465 e. The fourth-order valence-corrected chi connectivity index (χ4v) is 3.06. The number of ether oxygens (including phenoxy) is 1. The minimum atomic E-state index is -0.418. The quantitative estimate of drug-likeness (QED) is 0.449. The number of anilines is 1. The lowest BCUT2D eigenvalue weighted by atomic mass is 10.1. The van der Waals surface area contributed by atoms with Crippen molar-refractivity contribution >= 4 is 23.5 Å². The maximum absolute atomic E-state index is 12.3. The van der Waals surface area contributed by atoms with Gasteiger partial charge in [0.05, 0.1) is 12.7 Å². The van der Waals surface area contributed by atoms with E-state index in [0.29, 0.717) is 27.9 Å². The zero-order chi connectivity index (χ0) is 23.6. The van der Waals surface area contributed by atoms with Gasteiger partial charge >= 0.3 is 5.97 Å². The molecule has 0 aliphatic carbocycles. The number of methoxy groups -OCH3 is 1. The summed E-state index contributed by atoms with van der Waals surface area (Å²) in [6.45, 7) is 2.15. The number of rotatable bonds is 6. The van der Waals surface area contributed by atoms with E-state index in [4.69, 9.17) is 4.74 Å². The Morgan fingerprint density at radius 2 is 1.52 bits per heavy atom. The Bertz CT molecular complexity index is 1240. The van der Waals surface area contributed by atoms with Gasteiger partial charge in [-0.2, -0.15) is 0 Å². The van der Waals surface area contributed by atoms with Crippen LogP contribution in [0.5, 0.6) is 0 Å². The molecular weight excluding hydrogens is 416 g/mol. The Kier molecular flexibility index (Phi) is 7.98. The first-order valence-corrected chi connectivity index (χ1v) is 10.4. The van der Waals surface area contributed by atoms with E-state index in [1.165, 1.54) is 7.11 Å². The van der Waals surface area contributed by atoms with Crippen molar-refractivity contribution in [1.29, 1.82) is 0 Å². The number of carbonyl (C=O) groups excluding carboxylic acids is 3. The van der Waals surface area contributed by atoms with Crippen LogP contribution in [0.25, 0.3) is 0 Å². The standard InChI is InChI=1S/C27H24N2O4/c1-19-6-3-9-22(16-19)26(31)28-15-14-25(30)29-24-11-5-8-21(18-24)13-12-20-7-4-10-23(17-20)27(32)33-2/h3-11,16-18H,14-15H2,1-2H3,(H,28,31)(H,29,30). The van der Waals surface area contributed by atoms with Gasteiger partial charge in [0.25, 0.3) is 5.91 Å². The first kappa shape index (κ1) is 23.3. The number of carbonyl (C=O) groups is 3. The van der Waals surface area contributed by atoms with Crippen LogP contribution < -0.4 is 10.6 Å². The zero-order valence-corrected chi connectivity index (χ0v) is 18.5. The third-order valence-electron chi connectivity index (χ3n) is 4.70. The van der Waals surface area contributed by atoms with Crippen LogP contribution in [0.15, 0.2) is 72.8 Å². The van der Waals surface area contributed by atoms with Gasteiger partial charge in [0.1, 0.15) is 0 Å². The van der Waals surface area contributed by atoms with Crippen molar-refractivity contribution in [3.63, 3.8) is 0 Å². The van der Waals surface area contributed by atoms with Gasteiger partial charge in [0, 0.05) is 35.3 Å². The van der Waals surface area contributed by atoms with Crippen molar-refractivity contribution in [3.8, 4) is 11.8 Å². The summed E-state index contributed by atoms with van der Waals surface area (Å²) >= 11 is 0. The van der Waals surface area contributed by atoms with Gasteiger partial charge < -0.3 is 15.4 Å². The molecule has 0 spiro atoms. The number of amides is 2. The van der Waals surface area contributed by atoms with Crippen LogP contribution in [0.4, 0.5) is 5.69 Å². The smallest absolute Gasteiger partial charge is 0.337 e. The SMILES string of the molecule is COC(=O)c1cccc(C#Cc2cccc(NC(=O)CCNC(=O)c3cccc(C)c3)c2)c1. The summed E-state index contributed by atoms with van der Waals surface area (Å²) in [6.07, 6.45) is 0.147. The second-order valence-electron chi connectivity index (χ2n) is 7.33. The van der Waals surface area contributed by atoms with Crippen molar-refractivity contribution in [2.45, 2.75) is 13.3 Å².